The van der Waals surface area contributed by atoms with Crippen molar-refractivity contribution in [3.63, 3.8) is 0 Å². The number of hydrogen-bond acceptors (Lipinski definition) is 4. The monoisotopic (exact) mass is 532 g/mol. The minimum atomic E-state index is -0.986. The summed E-state index contributed by atoms with van der Waals surface area (Å²) < 4.78 is 11.6. The summed E-state index contributed by atoms with van der Waals surface area (Å²) >= 11 is 3.87. The van der Waals surface area contributed by atoms with Gasteiger partial charge in [-0.15, -0.1) is 11.8 Å². The van der Waals surface area contributed by atoms with Gasteiger partial charge in [0.05, 0.1) is 10.7 Å². The van der Waals surface area contributed by atoms with Crippen LogP contribution in [0.3, 0.4) is 0 Å². The molecule has 3 rings (SSSR count). The second-order valence-corrected chi connectivity index (χ2v) is 8.56. The second kappa shape index (κ2) is 11.1. The maximum Gasteiger partial charge on any atom is 0.341 e. The molecule has 4 nitrogen and oxygen atoms in total. The molecule has 3 aromatic rings. The first-order valence-corrected chi connectivity index (χ1v) is 11.3. The Labute approximate surface area is 194 Å². The zero-order valence-corrected chi connectivity index (χ0v) is 19.4. The second-order valence-electron chi connectivity index (χ2n) is 6.30. The maximum atomic E-state index is 10.7. The van der Waals surface area contributed by atoms with E-state index < -0.39 is 5.97 Å². The van der Waals surface area contributed by atoms with Gasteiger partial charge in [0.1, 0.15) is 11.5 Å². The molecule has 0 amide bonds. The zero-order chi connectivity index (χ0) is 21.3. The highest BCUT2D eigenvalue weighted by atomic mass is 127. The Morgan fingerprint density at radius 3 is 2.50 bits per heavy atom. The first-order valence-electron chi connectivity index (χ1n) is 9.24. The molecule has 0 aromatic heterocycles. The van der Waals surface area contributed by atoms with E-state index in [1.807, 2.05) is 54.6 Å². The van der Waals surface area contributed by atoms with Gasteiger partial charge in [-0.1, -0.05) is 48.5 Å². The van der Waals surface area contributed by atoms with Gasteiger partial charge in [-0.05, 0) is 69.6 Å². The largest absolute Gasteiger partial charge is 0.497 e. The van der Waals surface area contributed by atoms with E-state index in [9.17, 15) is 4.79 Å². The predicted molar refractivity (Wildman–Crippen MR) is 130 cm³/mol. The van der Waals surface area contributed by atoms with E-state index in [-0.39, 0.29) is 6.61 Å². The fourth-order valence-corrected chi connectivity index (χ4v) is 4.55. The molecule has 3 aromatic carbocycles. The van der Waals surface area contributed by atoms with Crippen molar-refractivity contribution in [2.45, 2.75) is 4.90 Å². The van der Waals surface area contributed by atoms with Gasteiger partial charge in [-0.2, -0.15) is 0 Å². The van der Waals surface area contributed by atoms with Crippen molar-refractivity contribution in [1.82, 2.24) is 0 Å². The van der Waals surface area contributed by atoms with E-state index in [2.05, 4.69) is 46.9 Å². The summed E-state index contributed by atoms with van der Waals surface area (Å²) in [6.45, 7) is -0.341. The highest BCUT2D eigenvalue weighted by Crippen LogP contribution is 2.30. The van der Waals surface area contributed by atoms with Crippen LogP contribution in [0.5, 0.6) is 11.5 Å². The Bertz CT molecular complexity index is 1030. The van der Waals surface area contributed by atoms with Crippen molar-refractivity contribution in [3.8, 4) is 11.5 Å². The molecule has 154 valence electrons. The number of hydrogen-bond donors (Lipinski definition) is 1. The summed E-state index contributed by atoms with van der Waals surface area (Å²) in [6, 6.07) is 24.1. The SMILES string of the molecule is COc1cccc(C(=CCSc2ccc(OCC(=O)O)c(I)c2)c2ccccc2)c1. The van der Waals surface area contributed by atoms with Gasteiger partial charge in [0, 0.05) is 10.6 Å². The molecule has 30 heavy (non-hydrogen) atoms. The van der Waals surface area contributed by atoms with E-state index in [0.29, 0.717) is 5.75 Å². The topological polar surface area (TPSA) is 55.8 Å². The van der Waals surface area contributed by atoms with E-state index in [4.69, 9.17) is 14.6 Å². The van der Waals surface area contributed by atoms with E-state index >= 15 is 0 Å². The summed E-state index contributed by atoms with van der Waals surface area (Å²) in [5, 5.41) is 8.76. The number of thioether (sulfide) groups is 1. The van der Waals surface area contributed by atoms with Gasteiger partial charge < -0.3 is 14.6 Å². The number of carboxylic acid groups (broad SMARTS) is 1. The molecule has 0 saturated carbocycles. The summed E-state index contributed by atoms with van der Waals surface area (Å²) in [4.78, 5) is 11.8. The Morgan fingerprint density at radius 2 is 1.80 bits per heavy atom. The standard InChI is InChI=1S/C24H21IO4S/c1-28-19-9-5-8-18(14-19)21(17-6-3-2-4-7-17)12-13-30-20-10-11-23(22(25)15-20)29-16-24(26)27/h2-12,14-15H,13,16H2,1H3,(H,26,27). The third-order valence-corrected chi connectivity index (χ3v) is 6.02. The fraction of sp³-hybridized carbons (Fsp3) is 0.125. The van der Waals surface area contributed by atoms with Crippen LogP contribution < -0.4 is 9.47 Å². The predicted octanol–water partition coefficient (Wildman–Crippen LogP) is 5.99. The number of halogens is 1. The first kappa shape index (κ1) is 22.2. The number of carbonyl (C=O) groups is 1. The minimum Gasteiger partial charge on any atom is -0.497 e. The molecular formula is C24H21IO4S. The minimum absolute atomic E-state index is 0.341. The van der Waals surface area contributed by atoms with Gasteiger partial charge in [0.2, 0.25) is 0 Å². The Hall–Kier alpha value is -2.45. The van der Waals surface area contributed by atoms with Crippen molar-refractivity contribution in [2.24, 2.45) is 0 Å². The molecule has 6 heteroatoms. The van der Waals surface area contributed by atoms with Crippen molar-refractivity contribution < 1.29 is 19.4 Å². The molecular weight excluding hydrogens is 511 g/mol. The summed E-state index contributed by atoms with van der Waals surface area (Å²) in [7, 11) is 1.67. The Kier molecular flexibility index (Phi) is 8.21. The molecule has 0 aliphatic carbocycles. The smallest absolute Gasteiger partial charge is 0.341 e. The van der Waals surface area contributed by atoms with Crippen LogP contribution in [-0.2, 0) is 4.79 Å². The molecule has 0 bridgehead atoms. The number of ether oxygens (including phenoxy) is 2. The van der Waals surface area contributed by atoms with Gasteiger partial charge in [-0.25, -0.2) is 4.79 Å². The Morgan fingerprint density at radius 1 is 1.03 bits per heavy atom. The number of methoxy groups -OCH3 is 1. The van der Waals surface area contributed by atoms with Crippen LogP contribution >= 0.6 is 34.4 Å². The van der Waals surface area contributed by atoms with Crippen LogP contribution in [0.15, 0.2) is 83.8 Å². The van der Waals surface area contributed by atoms with Crippen LogP contribution in [0.2, 0.25) is 0 Å². The fourth-order valence-electron chi connectivity index (χ4n) is 2.86. The lowest BCUT2D eigenvalue weighted by atomic mass is 9.98. The third kappa shape index (κ3) is 6.27. The summed E-state index contributed by atoms with van der Waals surface area (Å²) in [5.41, 5.74) is 3.41. The zero-order valence-electron chi connectivity index (χ0n) is 16.4. The van der Waals surface area contributed by atoms with Crippen LogP contribution in [0.1, 0.15) is 11.1 Å². The van der Waals surface area contributed by atoms with Crippen LogP contribution in [0, 0.1) is 3.57 Å². The lowest BCUT2D eigenvalue weighted by Gasteiger charge is -2.11. The van der Waals surface area contributed by atoms with E-state index in [1.54, 1.807) is 18.9 Å². The molecule has 0 aliphatic heterocycles. The van der Waals surface area contributed by atoms with E-state index in [1.165, 1.54) is 0 Å². The van der Waals surface area contributed by atoms with E-state index in [0.717, 1.165) is 36.7 Å². The lowest BCUT2D eigenvalue weighted by Crippen LogP contribution is -2.10. The molecule has 0 aliphatic rings. The van der Waals surface area contributed by atoms with Crippen molar-refractivity contribution in [1.29, 1.82) is 0 Å². The Balaban J connectivity index is 1.78. The van der Waals surface area contributed by atoms with Crippen molar-refractivity contribution in [2.75, 3.05) is 19.5 Å². The highest BCUT2D eigenvalue weighted by Gasteiger charge is 2.08. The molecule has 1 N–H and O–H groups in total. The molecule has 0 spiro atoms. The average molecular weight is 532 g/mol. The van der Waals surface area contributed by atoms with Gasteiger partial charge in [0.25, 0.3) is 0 Å². The highest BCUT2D eigenvalue weighted by molar-refractivity contribution is 14.1. The quantitative estimate of drug-likeness (QED) is 0.271. The van der Waals surface area contributed by atoms with Crippen LogP contribution in [0.4, 0.5) is 0 Å². The number of rotatable bonds is 9. The average Bonchev–Trinajstić information content (AvgIpc) is 2.76. The molecule has 0 atom stereocenters. The lowest BCUT2D eigenvalue weighted by molar-refractivity contribution is -0.139. The summed E-state index contributed by atoms with van der Waals surface area (Å²) in [5.74, 6) is 1.21. The molecule has 0 saturated heterocycles. The van der Waals surface area contributed by atoms with Gasteiger partial charge in [0.15, 0.2) is 6.61 Å². The van der Waals surface area contributed by atoms with Crippen LogP contribution in [0.25, 0.3) is 5.57 Å². The van der Waals surface area contributed by atoms with Gasteiger partial charge in [-0.3, -0.25) is 0 Å². The molecule has 0 radical (unpaired) electrons. The number of carboxylic acids is 1. The normalized spacial score (nSPS) is 11.2. The van der Waals surface area contributed by atoms with Crippen LogP contribution in [-0.4, -0.2) is 30.5 Å². The third-order valence-electron chi connectivity index (χ3n) is 4.26. The first-order chi connectivity index (χ1) is 14.6. The number of benzene rings is 3. The molecule has 0 fully saturated rings. The molecule has 0 heterocycles. The maximum absolute atomic E-state index is 10.7. The van der Waals surface area contributed by atoms with Crippen molar-refractivity contribution in [3.05, 3.63) is 93.6 Å². The molecule has 0 unspecified atom stereocenters. The van der Waals surface area contributed by atoms with Crippen molar-refractivity contribution >= 4 is 45.9 Å². The summed E-state index contributed by atoms with van der Waals surface area (Å²) in [6.07, 6.45) is 2.22. The van der Waals surface area contributed by atoms with Gasteiger partial charge >= 0.3 is 5.97 Å². The number of aliphatic carboxylic acids is 1.